The number of aliphatic hydroxyl groups is 1. The van der Waals surface area contributed by atoms with E-state index >= 15 is 0 Å². The molecule has 4 N–H and O–H groups in total. The van der Waals surface area contributed by atoms with Gasteiger partial charge in [0.2, 0.25) is 5.91 Å². The lowest BCUT2D eigenvalue weighted by molar-refractivity contribution is -0.172. The Morgan fingerprint density at radius 2 is 1.66 bits per heavy atom. The molecule has 0 saturated heterocycles. The minimum atomic E-state index is -4.50. The second-order valence-electron chi connectivity index (χ2n) is 13.1. The third kappa shape index (κ3) is 6.25. The van der Waals surface area contributed by atoms with Crippen LogP contribution in [0.25, 0.3) is 0 Å². The predicted octanol–water partition coefficient (Wildman–Crippen LogP) is 3.22. The molecule has 0 spiro atoms. The predicted molar refractivity (Wildman–Crippen MR) is 141 cm³/mol. The van der Waals surface area contributed by atoms with Crippen molar-refractivity contribution < 1.29 is 40.0 Å². The molecule has 10 atom stereocenters. The summed E-state index contributed by atoms with van der Waals surface area (Å²) >= 11 is 0. The van der Waals surface area contributed by atoms with Crippen LogP contribution >= 0.6 is 0 Å². The fraction of sp³-hybridized carbons (Fsp3) is 0.962. The molecule has 1 unspecified atom stereocenters. The monoisotopic (exact) mass is 579 g/mol. The molecule has 0 aliphatic heterocycles. The average Bonchev–Trinajstić information content (AvgIpc) is 3.14. The van der Waals surface area contributed by atoms with E-state index in [-0.39, 0.29) is 35.1 Å². The molecule has 4 fully saturated rings. The highest BCUT2D eigenvalue weighted by molar-refractivity contribution is 7.85. The van der Waals surface area contributed by atoms with E-state index in [1.165, 1.54) is 0 Å². The Morgan fingerprint density at radius 3 is 2.32 bits per heavy atom. The van der Waals surface area contributed by atoms with E-state index in [0.717, 1.165) is 32.1 Å². The lowest BCUT2D eigenvalue weighted by Gasteiger charge is -2.62. The van der Waals surface area contributed by atoms with Gasteiger partial charge < -0.3 is 10.4 Å². The number of hydrogen-bond acceptors (Lipinski definition) is 7. The van der Waals surface area contributed by atoms with E-state index in [1.54, 1.807) is 0 Å². The van der Waals surface area contributed by atoms with Crippen molar-refractivity contribution in [1.29, 1.82) is 0 Å². The second-order valence-corrected chi connectivity index (χ2v) is 15.7. The lowest BCUT2D eigenvalue weighted by Crippen LogP contribution is -2.58. The number of nitrogens with one attached hydrogen (secondary N) is 1. The smallest absolute Gasteiger partial charge is 0.393 e. The zero-order valence-electron chi connectivity index (χ0n) is 22.7. The maximum atomic E-state index is 12.2. The first kappa shape index (κ1) is 30.2. The molecule has 220 valence electrons. The summed E-state index contributed by atoms with van der Waals surface area (Å²) in [4.78, 5) is 12.2. The molecule has 1 amide bonds. The summed E-state index contributed by atoms with van der Waals surface area (Å²) in [5.74, 6) is 1.17. The van der Waals surface area contributed by atoms with Gasteiger partial charge >= 0.3 is 10.4 Å². The van der Waals surface area contributed by atoms with Crippen LogP contribution in [0.4, 0.5) is 0 Å². The van der Waals surface area contributed by atoms with Gasteiger partial charge in [0.25, 0.3) is 10.1 Å². The highest BCUT2D eigenvalue weighted by Gasteiger charge is 2.63. The third-order valence-electron chi connectivity index (χ3n) is 11.2. The maximum Gasteiger partial charge on any atom is 0.397 e. The van der Waals surface area contributed by atoms with Crippen LogP contribution in [0.1, 0.15) is 85.0 Å². The molecule has 0 heterocycles. The lowest BCUT2D eigenvalue weighted by atomic mass is 9.43. The van der Waals surface area contributed by atoms with Crippen molar-refractivity contribution in [3.05, 3.63) is 0 Å². The fourth-order valence-electron chi connectivity index (χ4n) is 9.39. The molecule has 10 nitrogen and oxygen atoms in total. The number of fused-ring (bicyclic) bond motifs is 5. The van der Waals surface area contributed by atoms with Crippen molar-refractivity contribution >= 4 is 26.4 Å². The van der Waals surface area contributed by atoms with Crippen molar-refractivity contribution in [2.75, 3.05) is 12.3 Å². The number of aliphatic hydroxyl groups excluding tert-OH is 1. The Balaban J connectivity index is 1.39. The Bertz CT molecular complexity index is 1100. The molecule has 4 saturated carbocycles. The molecule has 0 aromatic heterocycles. The summed E-state index contributed by atoms with van der Waals surface area (Å²) in [5.41, 5.74) is 0.0889. The van der Waals surface area contributed by atoms with E-state index in [1.807, 2.05) is 0 Å². The van der Waals surface area contributed by atoms with Crippen LogP contribution < -0.4 is 5.32 Å². The minimum absolute atomic E-state index is 0.00808. The van der Waals surface area contributed by atoms with Crippen LogP contribution in [0.15, 0.2) is 0 Å². The van der Waals surface area contributed by atoms with Gasteiger partial charge in [-0.25, -0.2) is 4.18 Å². The summed E-state index contributed by atoms with van der Waals surface area (Å²) in [6.07, 6.45) is 6.79. The Kier molecular flexibility index (Phi) is 8.65. The van der Waals surface area contributed by atoms with Crippen molar-refractivity contribution in [3.63, 3.8) is 0 Å². The van der Waals surface area contributed by atoms with Gasteiger partial charge in [-0.05, 0) is 104 Å². The minimum Gasteiger partial charge on any atom is -0.393 e. The van der Waals surface area contributed by atoms with Crippen LogP contribution in [-0.4, -0.2) is 61.5 Å². The first-order chi connectivity index (χ1) is 17.5. The van der Waals surface area contributed by atoms with Gasteiger partial charge in [-0.2, -0.15) is 16.8 Å². The van der Waals surface area contributed by atoms with Crippen LogP contribution in [0.5, 0.6) is 0 Å². The van der Waals surface area contributed by atoms with Crippen molar-refractivity contribution in [2.24, 2.45) is 46.3 Å². The number of carbonyl (C=O) groups is 1. The third-order valence-corrected chi connectivity index (χ3v) is 12.4. The van der Waals surface area contributed by atoms with Gasteiger partial charge in [-0.3, -0.25) is 13.9 Å². The molecular weight excluding hydrogens is 534 g/mol. The highest BCUT2D eigenvalue weighted by atomic mass is 32.3. The molecular formula is C26H45NO9S2. The van der Waals surface area contributed by atoms with E-state index in [4.69, 9.17) is 13.3 Å². The fourth-order valence-corrected chi connectivity index (χ4v) is 10.3. The zero-order valence-corrected chi connectivity index (χ0v) is 24.3. The van der Waals surface area contributed by atoms with E-state index in [0.29, 0.717) is 55.8 Å². The molecule has 0 bridgehead atoms. The van der Waals surface area contributed by atoms with Gasteiger partial charge in [0.05, 0.1) is 18.0 Å². The average molecular weight is 580 g/mol. The summed E-state index contributed by atoms with van der Waals surface area (Å²) < 4.78 is 67.2. The van der Waals surface area contributed by atoms with E-state index in [2.05, 4.69) is 26.1 Å². The second kappa shape index (κ2) is 10.9. The normalized spacial score (nSPS) is 42.0. The number of hydrogen-bond donors (Lipinski definition) is 4. The SMILES string of the molecule is C[C@H](CCC(=O)NCCS(=O)(=O)O)[C@H]1CC[C@H]2[C@@H]3[C@@H](O)CC4C[C@H](OS(=O)(=O)O)CC[C@]4(C)[C@H]3CC[C@]12C. The van der Waals surface area contributed by atoms with E-state index < -0.39 is 38.5 Å². The maximum absolute atomic E-state index is 12.2. The van der Waals surface area contributed by atoms with Crippen LogP contribution in [-0.2, 0) is 29.5 Å². The van der Waals surface area contributed by atoms with Gasteiger partial charge in [0.15, 0.2) is 0 Å². The summed E-state index contributed by atoms with van der Waals surface area (Å²) in [5, 5.41) is 14.0. The molecule has 0 aromatic carbocycles. The van der Waals surface area contributed by atoms with Crippen LogP contribution in [0.3, 0.4) is 0 Å². The Morgan fingerprint density at radius 1 is 1.00 bits per heavy atom. The first-order valence-electron chi connectivity index (χ1n) is 14.1. The van der Waals surface area contributed by atoms with Gasteiger partial charge in [-0.15, -0.1) is 0 Å². The van der Waals surface area contributed by atoms with Crippen molar-refractivity contribution in [3.8, 4) is 0 Å². The largest absolute Gasteiger partial charge is 0.397 e. The summed E-state index contributed by atoms with van der Waals surface area (Å²) in [7, 11) is -8.59. The standard InChI is InChI=1S/C26H45NO9S2/c1-16(4-7-23(29)27-12-13-37(30,31)32)19-5-6-20-24-21(9-11-26(19,20)3)25(2)10-8-18(36-38(33,34)35)14-17(25)15-22(24)28/h16-22,24,28H,4-15H2,1-3H3,(H,27,29)(H,30,31,32)(H,33,34,35)/t16-,17?,18-,19-,20+,21+,22+,24+,25+,26-/m1/s1. The molecule has 38 heavy (non-hydrogen) atoms. The molecule has 0 aromatic rings. The molecule has 4 aliphatic rings. The van der Waals surface area contributed by atoms with Gasteiger partial charge in [0, 0.05) is 13.0 Å². The topological polar surface area (TPSA) is 167 Å². The summed E-state index contributed by atoms with van der Waals surface area (Å²) in [6.45, 7) is 6.77. The van der Waals surface area contributed by atoms with Crippen LogP contribution in [0, 0.1) is 46.3 Å². The number of rotatable bonds is 9. The highest BCUT2D eigenvalue weighted by Crippen LogP contribution is 2.68. The quantitative estimate of drug-likeness (QED) is 0.300. The molecule has 0 radical (unpaired) electrons. The Labute approximate surface area is 227 Å². The number of carbonyl (C=O) groups excluding carboxylic acids is 1. The van der Waals surface area contributed by atoms with Crippen molar-refractivity contribution in [1.82, 2.24) is 5.32 Å². The molecule has 4 rings (SSSR count). The van der Waals surface area contributed by atoms with Crippen molar-refractivity contribution in [2.45, 2.75) is 97.2 Å². The molecule has 4 aliphatic carbocycles. The van der Waals surface area contributed by atoms with E-state index in [9.17, 15) is 26.7 Å². The summed E-state index contributed by atoms with van der Waals surface area (Å²) in [6, 6.07) is 0. The Hall–Kier alpha value is -0.790. The first-order valence-corrected chi connectivity index (χ1v) is 17.1. The number of amides is 1. The zero-order chi connectivity index (χ0) is 28.1. The van der Waals surface area contributed by atoms with Crippen LogP contribution in [0.2, 0.25) is 0 Å². The van der Waals surface area contributed by atoms with Gasteiger partial charge in [-0.1, -0.05) is 20.8 Å². The molecule has 12 heteroatoms. The van der Waals surface area contributed by atoms with Gasteiger partial charge in [0.1, 0.15) is 0 Å².